The van der Waals surface area contributed by atoms with Crippen LogP contribution in [0.25, 0.3) is 10.8 Å². The number of rotatable bonds is 6. The minimum absolute atomic E-state index is 0.0517. The highest BCUT2D eigenvalue weighted by atomic mass is 16.1. The van der Waals surface area contributed by atoms with Crippen molar-refractivity contribution in [3.05, 3.63) is 48.0 Å². The standard InChI is InChI=1S/C18H24N2O/c1-13(2)11-20-18(21)12-19-14(3)16-10-6-8-15-7-4-5-9-17(15)16/h4-10,13-14,19H,11-12H2,1-3H3,(H,20,21). The van der Waals surface area contributed by atoms with Gasteiger partial charge in [-0.3, -0.25) is 4.79 Å². The molecule has 0 aromatic heterocycles. The van der Waals surface area contributed by atoms with Gasteiger partial charge in [-0.2, -0.15) is 0 Å². The molecule has 0 spiro atoms. The smallest absolute Gasteiger partial charge is 0.233 e. The SMILES string of the molecule is CC(C)CNC(=O)CNC(C)c1cccc2ccccc12. The first-order chi connectivity index (χ1) is 10.1. The van der Waals surface area contributed by atoms with Crippen LogP contribution in [-0.2, 0) is 4.79 Å². The summed E-state index contributed by atoms with van der Waals surface area (Å²) >= 11 is 0. The van der Waals surface area contributed by atoms with E-state index >= 15 is 0 Å². The lowest BCUT2D eigenvalue weighted by atomic mass is 10.00. The lowest BCUT2D eigenvalue weighted by Crippen LogP contribution is -2.36. The van der Waals surface area contributed by atoms with Gasteiger partial charge in [-0.15, -0.1) is 0 Å². The third kappa shape index (κ3) is 4.30. The van der Waals surface area contributed by atoms with Crippen LogP contribution in [0.1, 0.15) is 32.4 Å². The molecule has 0 aliphatic carbocycles. The molecule has 1 amide bonds. The summed E-state index contributed by atoms with van der Waals surface area (Å²) in [6.45, 7) is 7.34. The van der Waals surface area contributed by atoms with E-state index in [1.165, 1.54) is 16.3 Å². The lowest BCUT2D eigenvalue weighted by molar-refractivity contribution is -0.120. The maximum atomic E-state index is 11.8. The molecule has 112 valence electrons. The van der Waals surface area contributed by atoms with Gasteiger partial charge >= 0.3 is 0 Å². The molecule has 1 unspecified atom stereocenters. The first-order valence-electron chi connectivity index (χ1n) is 7.55. The Bertz CT molecular complexity index is 602. The van der Waals surface area contributed by atoms with Gasteiger partial charge in [0.2, 0.25) is 5.91 Å². The molecule has 2 aromatic carbocycles. The van der Waals surface area contributed by atoms with Gasteiger partial charge in [-0.1, -0.05) is 56.3 Å². The maximum Gasteiger partial charge on any atom is 0.233 e. The molecular formula is C18H24N2O. The van der Waals surface area contributed by atoms with Crippen molar-refractivity contribution in [2.45, 2.75) is 26.8 Å². The molecule has 1 atom stereocenters. The second-order valence-electron chi connectivity index (χ2n) is 5.87. The molecule has 0 saturated carbocycles. The minimum atomic E-state index is 0.0517. The summed E-state index contributed by atoms with van der Waals surface area (Å²) in [5.74, 6) is 0.528. The van der Waals surface area contributed by atoms with Gasteiger partial charge in [0, 0.05) is 12.6 Å². The number of carbonyl (C=O) groups is 1. The fourth-order valence-corrected chi connectivity index (χ4v) is 2.36. The normalized spacial score (nSPS) is 12.6. The van der Waals surface area contributed by atoms with Gasteiger partial charge in [0.05, 0.1) is 6.54 Å². The van der Waals surface area contributed by atoms with E-state index in [2.05, 4.69) is 61.7 Å². The van der Waals surface area contributed by atoms with Gasteiger partial charge in [-0.05, 0) is 29.2 Å². The van der Waals surface area contributed by atoms with E-state index in [-0.39, 0.29) is 11.9 Å². The summed E-state index contributed by atoms with van der Waals surface area (Å²) < 4.78 is 0. The van der Waals surface area contributed by atoms with Gasteiger partial charge < -0.3 is 10.6 Å². The highest BCUT2D eigenvalue weighted by Gasteiger charge is 2.10. The lowest BCUT2D eigenvalue weighted by Gasteiger charge is -2.17. The molecule has 0 aliphatic rings. The first kappa shape index (κ1) is 15.5. The fraction of sp³-hybridized carbons (Fsp3) is 0.389. The topological polar surface area (TPSA) is 41.1 Å². The Morgan fingerprint density at radius 2 is 1.76 bits per heavy atom. The van der Waals surface area contributed by atoms with Crippen LogP contribution in [0.2, 0.25) is 0 Å². The van der Waals surface area contributed by atoms with Crippen LogP contribution >= 0.6 is 0 Å². The van der Waals surface area contributed by atoms with E-state index in [1.54, 1.807) is 0 Å². The van der Waals surface area contributed by atoms with Crippen molar-refractivity contribution in [2.24, 2.45) is 5.92 Å². The van der Waals surface area contributed by atoms with Crippen molar-refractivity contribution < 1.29 is 4.79 Å². The van der Waals surface area contributed by atoms with E-state index in [0.717, 1.165) is 6.54 Å². The summed E-state index contributed by atoms with van der Waals surface area (Å²) in [6.07, 6.45) is 0. The minimum Gasteiger partial charge on any atom is -0.355 e. The van der Waals surface area contributed by atoms with Crippen molar-refractivity contribution >= 4 is 16.7 Å². The van der Waals surface area contributed by atoms with Crippen LogP contribution in [0.5, 0.6) is 0 Å². The molecule has 0 radical (unpaired) electrons. The van der Waals surface area contributed by atoms with Crippen molar-refractivity contribution in [1.29, 1.82) is 0 Å². The van der Waals surface area contributed by atoms with Crippen molar-refractivity contribution in [1.82, 2.24) is 10.6 Å². The number of fused-ring (bicyclic) bond motifs is 1. The predicted octanol–water partition coefficient (Wildman–Crippen LogP) is 3.26. The van der Waals surface area contributed by atoms with Crippen molar-refractivity contribution in [3.63, 3.8) is 0 Å². The van der Waals surface area contributed by atoms with E-state index in [9.17, 15) is 4.79 Å². The number of benzene rings is 2. The number of carbonyl (C=O) groups excluding carboxylic acids is 1. The average molecular weight is 284 g/mol. The number of nitrogens with one attached hydrogen (secondary N) is 2. The molecule has 2 rings (SSSR count). The highest BCUT2D eigenvalue weighted by molar-refractivity contribution is 5.86. The van der Waals surface area contributed by atoms with Crippen molar-refractivity contribution in [3.8, 4) is 0 Å². The maximum absolute atomic E-state index is 11.8. The van der Waals surface area contributed by atoms with Crippen LogP contribution in [0.3, 0.4) is 0 Å². The molecule has 3 nitrogen and oxygen atoms in total. The summed E-state index contributed by atoms with van der Waals surface area (Å²) in [5.41, 5.74) is 1.23. The molecule has 0 aliphatic heterocycles. The molecule has 21 heavy (non-hydrogen) atoms. The van der Waals surface area contributed by atoms with Crippen LogP contribution in [0.4, 0.5) is 0 Å². The Kier molecular flexibility index (Phi) is 5.34. The quantitative estimate of drug-likeness (QED) is 0.855. The summed E-state index contributed by atoms with van der Waals surface area (Å²) in [7, 11) is 0. The molecule has 3 heteroatoms. The fourth-order valence-electron chi connectivity index (χ4n) is 2.36. The number of hydrogen-bond acceptors (Lipinski definition) is 2. The number of hydrogen-bond donors (Lipinski definition) is 2. The molecule has 2 aromatic rings. The third-order valence-electron chi connectivity index (χ3n) is 3.57. The zero-order chi connectivity index (χ0) is 15.2. The van der Waals surface area contributed by atoms with Gasteiger partial charge in [0.25, 0.3) is 0 Å². The monoisotopic (exact) mass is 284 g/mol. The Balaban J connectivity index is 1.99. The Morgan fingerprint density at radius 1 is 1.05 bits per heavy atom. The predicted molar refractivity (Wildman–Crippen MR) is 88.2 cm³/mol. The zero-order valence-corrected chi connectivity index (χ0v) is 13.0. The average Bonchev–Trinajstić information content (AvgIpc) is 2.50. The molecule has 0 fully saturated rings. The molecule has 0 saturated heterocycles. The summed E-state index contributed by atoms with van der Waals surface area (Å²) in [6, 6.07) is 14.8. The van der Waals surface area contributed by atoms with Crippen LogP contribution < -0.4 is 10.6 Å². The molecular weight excluding hydrogens is 260 g/mol. The number of amides is 1. The second-order valence-corrected chi connectivity index (χ2v) is 5.87. The Morgan fingerprint density at radius 3 is 2.52 bits per heavy atom. The van der Waals surface area contributed by atoms with E-state index < -0.39 is 0 Å². The second kappa shape index (κ2) is 7.23. The van der Waals surface area contributed by atoms with Crippen LogP contribution in [-0.4, -0.2) is 19.0 Å². The zero-order valence-electron chi connectivity index (χ0n) is 13.0. The first-order valence-corrected chi connectivity index (χ1v) is 7.55. The van der Waals surface area contributed by atoms with Crippen LogP contribution in [0.15, 0.2) is 42.5 Å². The Labute approximate surface area is 126 Å². The van der Waals surface area contributed by atoms with E-state index in [1.807, 2.05) is 12.1 Å². The van der Waals surface area contributed by atoms with Gasteiger partial charge in [0.1, 0.15) is 0 Å². The summed E-state index contributed by atoms with van der Waals surface area (Å²) in [5, 5.41) is 8.70. The highest BCUT2D eigenvalue weighted by Crippen LogP contribution is 2.23. The van der Waals surface area contributed by atoms with Gasteiger partial charge in [0.15, 0.2) is 0 Å². The third-order valence-corrected chi connectivity index (χ3v) is 3.57. The van der Waals surface area contributed by atoms with Crippen molar-refractivity contribution in [2.75, 3.05) is 13.1 Å². The Hall–Kier alpha value is -1.87. The van der Waals surface area contributed by atoms with Crippen LogP contribution in [0, 0.1) is 5.92 Å². The molecule has 2 N–H and O–H groups in total. The molecule has 0 heterocycles. The van der Waals surface area contributed by atoms with E-state index in [0.29, 0.717) is 12.5 Å². The molecule has 0 bridgehead atoms. The largest absolute Gasteiger partial charge is 0.355 e. The van der Waals surface area contributed by atoms with Gasteiger partial charge in [-0.25, -0.2) is 0 Å². The summed E-state index contributed by atoms with van der Waals surface area (Å²) in [4.78, 5) is 11.8. The van der Waals surface area contributed by atoms with E-state index in [4.69, 9.17) is 0 Å².